The van der Waals surface area contributed by atoms with Gasteiger partial charge >= 0.3 is 0 Å². The summed E-state index contributed by atoms with van der Waals surface area (Å²) in [5, 5.41) is 11.7. The molecule has 0 aliphatic carbocycles. The largest absolute Gasteiger partial charge is 0.493 e. The lowest BCUT2D eigenvalue weighted by molar-refractivity contribution is -0.123. The van der Waals surface area contributed by atoms with Crippen LogP contribution in [0.5, 0.6) is 11.5 Å². The Morgan fingerprint density at radius 3 is 2.78 bits per heavy atom. The molecule has 0 saturated heterocycles. The van der Waals surface area contributed by atoms with Gasteiger partial charge in [0.25, 0.3) is 5.91 Å². The van der Waals surface area contributed by atoms with E-state index in [2.05, 4.69) is 21.2 Å². The van der Waals surface area contributed by atoms with Gasteiger partial charge in [0.2, 0.25) is 0 Å². The molecule has 0 aliphatic heterocycles. The van der Waals surface area contributed by atoms with Crippen molar-refractivity contribution < 1.29 is 19.4 Å². The van der Waals surface area contributed by atoms with Crippen molar-refractivity contribution in [3.05, 3.63) is 22.2 Å². The number of rotatable bonds is 6. The molecule has 6 heteroatoms. The normalized spacial score (nSPS) is 10.0. The summed E-state index contributed by atoms with van der Waals surface area (Å²) in [6.07, 6.45) is 0. The Morgan fingerprint density at radius 1 is 1.50 bits per heavy atom. The average Bonchev–Trinajstić information content (AvgIpc) is 2.36. The predicted octanol–water partition coefficient (Wildman–Crippen LogP) is 1.46. The van der Waals surface area contributed by atoms with Gasteiger partial charge in [-0.3, -0.25) is 4.79 Å². The molecule has 1 amide bonds. The summed E-state index contributed by atoms with van der Waals surface area (Å²) in [6.45, 7) is 2.22. The zero-order valence-corrected chi connectivity index (χ0v) is 11.9. The zero-order chi connectivity index (χ0) is 13.5. The van der Waals surface area contributed by atoms with Crippen LogP contribution in [0.3, 0.4) is 0 Å². The molecule has 0 aromatic heterocycles. The molecule has 100 valence electrons. The summed E-state index contributed by atoms with van der Waals surface area (Å²) in [5.74, 6) is 0.719. The number of nitrogens with one attached hydrogen (secondary N) is 1. The second-order valence-corrected chi connectivity index (χ2v) is 4.36. The maximum absolute atomic E-state index is 11.3. The number of aliphatic hydroxyl groups is 1. The molecule has 1 rings (SSSR count). The summed E-state index contributed by atoms with van der Waals surface area (Å²) in [5.41, 5.74) is 0.698. The van der Waals surface area contributed by atoms with E-state index in [0.717, 1.165) is 0 Å². The summed E-state index contributed by atoms with van der Waals surface area (Å²) in [7, 11) is 1.50. The topological polar surface area (TPSA) is 67.8 Å². The first kappa shape index (κ1) is 14.8. The lowest BCUT2D eigenvalue weighted by atomic mass is 10.2. The summed E-state index contributed by atoms with van der Waals surface area (Å²) in [4.78, 5) is 11.3. The molecular formula is C12H16BrNO4. The van der Waals surface area contributed by atoms with Crippen molar-refractivity contribution in [1.82, 2.24) is 5.32 Å². The van der Waals surface area contributed by atoms with Crippen LogP contribution in [0.25, 0.3) is 0 Å². The van der Waals surface area contributed by atoms with Crippen LogP contribution < -0.4 is 14.8 Å². The molecule has 2 N–H and O–H groups in total. The van der Waals surface area contributed by atoms with Gasteiger partial charge in [-0.05, 0) is 40.5 Å². The highest BCUT2D eigenvalue weighted by molar-refractivity contribution is 9.10. The number of carbonyl (C=O) groups is 1. The maximum atomic E-state index is 11.3. The van der Waals surface area contributed by atoms with Crippen LogP contribution in [-0.2, 0) is 11.4 Å². The molecule has 0 fully saturated rings. The number of hydrogen-bond acceptors (Lipinski definition) is 4. The fourth-order valence-electron chi connectivity index (χ4n) is 1.39. The lowest BCUT2D eigenvalue weighted by Crippen LogP contribution is -2.28. The van der Waals surface area contributed by atoms with E-state index in [1.165, 1.54) is 7.11 Å². The van der Waals surface area contributed by atoms with E-state index in [1.807, 2.05) is 6.92 Å². The summed E-state index contributed by atoms with van der Waals surface area (Å²) < 4.78 is 11.2. The van der Waals surface area contributed by atoms with Gasteiger partial charge in [0.05, 0.1) is 18.2 Å². The smallest absolute Gasteiger partial charge is 0.257 e. The van der Waals surface area contributed by atoms with Crippen molar-refractivity contribution in [2.75, 3.05) is 20.3 Å². The van der Waals surface area contributed by atoms with Crippen molar-refractivity contribution in [3.8, 4) is 11.5 Å². The molecule has 0 heterocycles. The van der Waals surface area contributed by atoms with Gasteiger partial charge in [0, 0.05) is 6.54 Å². The molecule has 0 bridgehead atoms. The van der Waals surface area contributed by atoms with Crippen LogP contribution in [-0.4, -0.2) is 31.3 Å². The van der Waals surface area contributed by atoms with Crippen LogP contribution in [0, 0.1) is 0 Å². The van der Waals surface area contributed by atoms with Crippen LogP contribution >= 0.6 is 15.9 Å². The molecule has 0 aliphatic rings. The summed E-state index contributed by atoms with van der Waals surface area (Å²) >= 11 is 3.32. The van der Waals surface area contributed by atoms with Gasteiger partial charge in [-0.1, -0.05) is 0 Å². The van der Waals surface area contributed by atoms with Crippen LogP contribution in [0.15, 0.2) is 16.6 Å². The van der Waals surface area contributed by atoms with E-state index in [1.54, 1.807) is 12.1 Å². The Bertz CT molecular complexity index is 423. The number of ether oxygens (including phenoxy) is 2. The fraction of sp³-hybridized carbons (Fsp3) is 0.417. The van der Waals surface area contributed by atoms with Crippen LogP contribution in [0.1, 0.15) is 12.5 Å². The molecule has 1 aromatic carbocycles. The Hall–Kier alpha value is -1.27. The standard InChI is InChI=1S/C12H16BrNO4/c1-3-14-11(16)7-18-12-9(13)4-8(6-15)5-10(12)17-2/h4-5,15H,3,6-7H2,1-2H3,(H,14,16). The number of likely N-dealkylation sites (N-methyl/N-ethyl adjacent to an activating group) is 1. The third-order valence-electron chi connectivity index (χ3n) is 2.19. The van der Waals surface area contributed by atoms with Crippen LogP contribution in [0.2, 0.25) is 0 Å². The predicted molar refractivity (Wildman–Crippen MR) is 70.8 cm³/mol. The number of aliphatic hydroxyl groups excluding tert-OH is 1. The van der Waals surface area contributed by atoms with Gasteiger partial charge in [-0.2, -0.15) is 0 Å². The highest BCUT2D eigenvalue weighted by Crippen LogP contribution is 2.36. The quantitative estimate of drug-likeness (QED) is 0.833. The molecule has 0 spiro atoms. The highest BCUT2D eigenvalue weighted by atomic mass is 79.9. The van der Waals surface area contributed by atoms with Gasteiger partial charge in [0.15, 0.2) is 18.1 Å². The number of hydrogen-bond donors (Lipinski definition) is 2. The minimum atomic E-state index is -0.197. The molecule has 0 atom stereocenters. The average molecular weight is 318 g/mol. The Morgan fingerprint density at radius 2 is 2.22 bits per heavy atom. The fourth-order valence-corrected chi connectivity index (χ4v) is 1.99. The van der Waals surface area contributed by atoms with Crippen molar-refractivity contribution in [3.63, 3.8) is 0 Å². The number of benzene rings is 1. The minimum Gasteiger partial charge on any atom is -0.493 e. The monoisotopic (exact) mass is 317 g/mol. The summed E-state index contributed by atoms with van der Waals surface area (Å²) in [6, 6.07) is 3.38. The third kappa shape index (κ3) is 3.89. The molecule has 1 aromatic rings. The first-order valence-electron chi connectivity index (χ1n) is 5.49. The van der Waals surface area contributed by atoms with E-state index in [0.29, 0.717) is 28.1 Å². The van der Waals surface area contributed by atoms with Gasteiger partial charge in [-0.15, -0.1) is 0 Å². The molecule has 0 unspecified atom stereocenters. The van der Waals surface area contributed by atoms with Crippen molar-refractivity contribution in [1.29, 1.82) is 0 Å². The minimum absolute atomic E-state index is 0.0821. The Labute approximate surface area is 114 Å². The van der Waals surface area contributed by atoms with Gasteiger partial charge in [0.1, 0.15) is 0 Å². The molecule has 5 nitrogen and oxygen atoms in total. The molecule has 0 radical (unpaired) electrons. The van der Waals surface area contributed by atoms with E-state index in [-0.39, 0.29) is 19.1 Å². The first-order chi connectivity index (χ1) is 8.62. The number of carbonyl (C=O) groups excluding carboxylic acids is 1. The van der Waals surface area contributed by atoms with Crippen molar-refractivity contribution in [2.45, 2.75) is 13.5 Å². The van der Waals surface area contributed by atoms with Crippen LogP contribution in [0.4, 0.5) is 0 Å². The van der Waals surface area contributed by atoms with Gasteiger partial charge in [-0.25, -0.2) is 0 Å². The Balaban J connectivity index is 2.84. The molecule has 0 saturated carbocycles. The third-order valence-corrected chi connectivity index (χ3v) is 2.78. The molecule has 18 heavy (non-hydrogen) atoms. The first-order valence-corrected chi connectivity index (χ1v) is 6.28. The van der Waals surface area contributed by atoms with E-state index >= 15 is 0 Å². The number of halogens is 1. The zero-order valence-electron chi connectivity index (χ0n) is 10.3. The van der Waals surface area contributed by atoms with E-state index in [4.69, 9.17) is 14.6 Å². The highest BCUT2D eigenvalue weighted by Gasteiger charge is 2.12. The SMILES string of the molecule is CCNC(=O)COc1c(Br)cc(CO)cc1OC. The maximum Gasteiger partial charge on any atom is 0.257 e. The van der Waals surface area contributed by atoms with Crippen molar-refractivity contribution >= 4 is 21.8 Å². The second-order valence-electron chi connectivity index (χ2n) is 3.51. The lowest BCUT2D eigenvalue weighted by Gasteiger charge is -2.13. The number of amides is 1. The van der Waals surface area contributed by atoms with E-state index < -0.39 is 0 Å². The molecular weight excluding hydrogens is 302 g/mol. The van der Waals surface area contributed by atoms with E-state index in [9.17, 15) is 4.79 Å². The van der Waals surface area contributed by atoms with Crippen molar-refractivity contribution in [2.24, 2.45) is 0 Å². The van der Waals surface area contributed by atoms with Gasteiger partial charge < -0.3 is 19.9 Å². The Kier molecular flexibility index (Phi) is 5.94. The number of methoxy groups -OCH3 is 1. The second kappa shape index (κ2) is 7.23.